The van der Waals surface area contributed by atoms with E-state index in [4.69, 9.17) is 18.9 Å². The van der Waals surface area contributed by atoms with Crippen LogP contribution in [0.5, 0.6) is 0 Å². The van der Waals surface area contributed by atoms with Crippen molar-refractivity contribution in [3.05, 3.63) is 0 Å². The Morgan fingerprint density at radius 1 is 0.929 bits per heavy atom. The summed E-state index contributed by atoms with van der Waals surface area (Å²) in [6.45, 7) is 1.83. The van der Waals surface area contributed by atoms with Crippen LogP contribution in [0.25, 0.3) is 0 Å². The van der Waals surface area contributed by atoms with Gasteiger partial charge in [0.2, 0.25) is 0 Å². The number of methoxy groups -OCH3 is 3. The van der Waals surface area contributed by atoms with Gasteiger partial charge in [0, 0.05) is 21.3 Å². The second-order valence-electron chi connectivity index (χ2n) is 3.33. The van der Waals surface area contributed by atoms with Crippen molar-refractivity contribution in [3.8, 4) is 0 Å². The zero-order valence-electron chi connectivity index (χ0n) is 8.97. The highest BCUT2D eigenvalue weighted by molar-refractivity contribution is 4.89. The van der Waals surface area contributed by atoms with E-state index >= 15 is 0 Å². The molecule has 0 bridgehead atoms. The molecule has 1 rings (SSSR count). The van der Waals surface area contributed by atoms with E-state index in [9.17, 15) is 5.11 Å². The molecule has 0 radical (unpaired) electrons. The molecule has 1 N–H and O–H groups in total. The molecule has 84 valence electrons. The van der Waals surface area contributed by atoms with Gasteiger partial charge in [0.05, 0.1) is 6.10 Å². The van der Waals surface area contributed by atoms with Crippen LogP contribution < -0.4 is 0 Å². The Kier molecular flexibility index (Phi) is 4.28. The maximum Gasteiger partial charge on any atom is 0.184 e. The van der Waals surface area contributed by atoms with Gasteiger partial charge in [-0.3, -0.25) is 0 Å². The number of aliphatic hydroxyl groups is 1. The highest BCUT2D eigenvalue weighted by atomic mass is 16.7. The van der Waals surface area contributed by atoms with Crippen molar-refractivity contribution in [2.75, 3.05) is 21.3 Å². The van der Waals surface area contributed by atoms with Gasteiger partial charge in [0.25, 0.3) is 0 Å². The Labute approximate surface area is 83.9 Å². The lowest BCUT2D eigenvalue weighted by Gasteiger charge is -2.41. The topological polar surface area (TPSA) is 57.2 Å². The Morgan fingerprint density at radius 2 is 1.43 bits per heavy atom. The summed E-state index contributed by atoms with van der Waals surface area (Å²) in [6, 6.07) is 0. The number of rotatable bonds is 3. The molecule has 0 unspecified atom stereocenters. The summed E-state index contributed by atoms with van der Waals surface area (Å²) in [7, 11) is 4.65. The van der Waals surface area contributed by atoms with Crippen LogP contribution in [0, 0.1) is 0 Å². The summed E-state index contributed by atoms with van der Waals surface area (Å²) in [5.74, 6) is 0. The average molecular weight is 206 g/mol. The fourth-order valence-electron chi connectivity index (χ4n) is 1.84. The van der Waals surface area contributed by atoms with Crippen LogP contribution >= 0.6 is 0 Å². The minimum absolute atomic E-state index is 0.216. The zero-order valence-corrected chi connectivity index (χ0v) is 8.97. The van der Waals surface area contributed by atoms with Gasteiger partial charge < -0.3 is 24.1 Å². The van der Waals surface area contributed by atoms with Crippen molar-refractivity contribution in [3.63, 3.8) is 0 Å². The van der Waals surface area contributed by atoms with Crippen molar-refractivity contribution in [2.24, 2.45) is 0 Å². The monoisotopic (exact) mass is 206 g/mol. The number of hydrogen-bond donors (Lipinski definition) is 1. The largest absolute Gasteiger partial charge is 0.376 e. The van der Waals surface area contributed by atoms with Crippen LogP contribution in [-0.2, 0) is 18.9 Å². The lowest BCUT2D eigenvalue weighted by molar-refractivity contribution is -0.291. The summed E-state index contributed by atoms with van der Waals surface area (Å²) in [6.07, 6.45) is -2.24. The predicted molar refractivity (Wildman–Crippen MR) is 48.9 cm³/mol. The molecule has 5 heteroatoms. The minimum Gasteiger partial charge on any atom is -0.376 e. The molecule has 14 heavy (non-hydrogen) atoms. The summed E-state index contributed by atoms with van der Waals surface area (Å²) < 4.78 is 20.9. The van der Waals surface area contributed by atoms with E-state index in [0.717, 1.165) is 0 Å². The van der Waals surface area contributed by atoms with Crippen molar-refractivity contribution < 1.29 is 24.1 Å². The van der Waals surface area contributed by atoms with E-state index in [2.05, 4.69) is 0 Å². The van der Waals surface area contributed by atoms with Gasteiger partial charge in [-0.05, 0) is 6.92 Å². The number of ether oxygens (including phenoxy) is 4. The van der Waals surface area contributed by atoms with Crippen molar-refractivity contribution in [1.82, 2.24) is 0 Å². The van der Waals surface area contributed by atoms with Gasteiger partial charge in [0.15, 0.2) is 6.29 Å². The van der Waals surface area contributed by atoms with E-state index in [1.54, 1.807) is 14.2 Å². The molecule has 0 aromatic carbocycles. The first-order valence-corrected chi connectivity index (χ1v) is 4.57. The molecule has 0 aromatic heterocycles. The fourth-order valence-corrected chi connectivity index (χ4v) is 1.84. The van der Waals surface area contributed by atoms with Crippen molar-refractivity contribution >= 4 is 0 Å². The second-order valence-corrected chi connectivity index (χ2v) is 3.33. The van der Waals surface area contributed by atoms with Crippen LogP contribution in [0.2, 0.25) is 0 Å². The van der Waals surface area contributed by atoms with E-state index in [1.165, 1.54) is 7.11 Å². The predicted octanol–water partition coefficient (Wildman–Crippen LogP) is -0.232. The van der Waals surface area contributed by atoms with Gasteiger partial charge in [-0.15, -0.1) is 0 Å². The van der Waals surface area contributed by atoms with Crippen molar-refractivity contribution in [1.29, 1.82) is 0 Å². The highest BCUT2D eigenvalue weighted by Gasteiger charge is 2.44. The van der Waals surface area contributed by atoms with Crippen LogP contribution in [0.1, 0.15) is 6.92 Å². The molecule has 0 aliphatic carbocycles. The molecule has 0 saturated carbocycles. The van der Waals surface area contributed by atoms with E-state index in [-0.39, 0.29) is 18.3 Å². The smallest absolute Gasteiger partial charge is 0.184 e. The second kappa shape index (κ2) is 5.04. The SMILES string of the molecule is CO[C@H]1[C@H](OC)[C@H](C)O[C@H](O)[C@H]1OC. The Morgan fingerprint density at radius 3 is 1.86 bits per heavy atom. The van der Waals surface area contributed by atoms with Crippen LogP contribution in [0.4, 0.5) is 0 Å². The lowest BCUT2D eigenvalue weighted by Crippen LogP contribution is -2.58. The first-order chi connectivity index (χ1) is 6.65. The van der Waals surface area contributed by atoms with E-state index in [1.807, 2.05) is 6.92 Å². The first kappa shape index (κ1) is 11.9. The normalized spacial score (nSPS) is 43.9. The molecule has 1 aliphatic heterocycles. The summed E-state index contributed by atoms with van der Waals surface area (Å²) in [5.41, 5.74) is 0. The molecular formula is C9H18O5. The molecule has 1 saturated heterocycles. The van der Waals surface area contributed by atoms with E-state index < -0.39 is 12.4 Å². The summed E-state index contributed by atoms with van der Waals surface area (Å²) in [4.78, 5) is 0. The molecule has 0 aromatic rings. The molecular weight excluding hydrogens is 188 g/mol. The molecule has 5 nitrogen and oxygen atoms in total. The summed E-state index contributed by atoms with van der Waals surface area (Å²) in [5, 5.41) is 9.57. The molecule has 1 heterocycles. The minimum atomic E-state index is -0.966. The van der Waals surface area contributed by atoms with Gasteiger partial charge in [-0.25, -0.2) is 0 Å². The van der Waals surface area contributed by atoms with Gasteiger partial charge >= 0.3 is 0 Å². The van der Waals surface area contributed by atoms with Gasteiger partial charge in [-0.1, -0.05) is 0 Å². The zero-order chi connectivity index (χ0) is 10.7. The van der Waals surface area contributed by atoms with Crippen LogP contribution in [-0.4, -0.2) is 57.1 Å². The lowest BCUT2D eigenvalue weighted by atomic mass is 9.99. The highest BCUT2D eigenvalue weighted by Crippen LogP contribution is 2.25. The maximum atomic E-state index is 9.57. The third kappa shape index (κ3) is 2.07. The molecule has 1 aliphatic rings. The molecule has 5 atom stereocenters. The van der Waals surface area contributed by atoms with Gasteiger partial charge in [-0.2, -0.15) is 0 Å². The number of hydrogen-bond acceptors (Lipinski definition) is 5. The third-order valence-electron chi connectivity index (χ3n) is 2.56. The van der Waals surface area contributed by atoms with Crippen LogP contribution in [0.15, 0.2) is 0 Å². The average Bonchev–Trinajstić information content (AvgIpc) is 2.16. The van der Waals surface area contributed by atoms with Crippen molar-refractivity contribution in [2.45, 2.75) is 37.6 Å². The maximum absolute atomic E-state index is 9.57. The fraction of sp³-hybridized carbons (Fsp3) is 1.00. The standard InChI is InChI=1S/C9H18O5/c1-5-6(11-2)7(12-3)8(13-4)9(10)14-5/h5-10H,1-4H3/t5-,6+,7-,8-,9-/m0/s1. The Bertz CT molecular complexity index is 159. The number of aliphatic hydroxyl groups excluding tert-OH is 1. The summed E-state index contributed by atoms with van der Waals surface area (Å²) >= 11 is 0. The first-order valence-electron chi connectivity index (χ1n) is 4.57. The molecule has 1 fully saturated rings. The Balaban J connectivity index is 2.76. The van der Waals surface area contributed by atoms with Crippen LogP contribution in [0.3, 0.4) is 0 Å². The molecule has 0 spiro atoms. The van der Waals surface area contributed by atoms with Gasteiger partial charge in [0.1, 0.15) is 18.3 Å². The Hall–Kier alpha value is -0.200. The van der Waals surface area contributed by atoms with E-state index in [0.29, 0.717) is 0 Å². The quantitative estimate of drug-likeness (QED) is 0.691. The third-order valence-corrected chi connectivity index (χ3v) is 2.56. The molecule has 0 amide bonds.